The highest BCUT2D eigenvalue weighted by Crippen LogP contribution is 2.35. The number of ether oxygens (including phenoxy) is 1. The van der Waals surface area contributed by atoms with Crippen molar-refractivity contribution in [3.63, 3.8) is 0 Å². The van der Waals surface area contributed by atoms with Crippen molar-refractivity contribution in [1.82, 2.24) is 15.5 Å². The van der Waals surface area contributed by atoms with Crippen LogP contribution in [0.15, 0.2) is 17.1 Å². The molecule has 0 bridgehead atoms. The quantitative estimate of drug-likeness (QED) is 0.402. The number of hydrogen-bond donors (Lipinski definition) is 2. The zero-order valence-corrected chi connectivity index (χ0v) is 17.2. The third kappa shape index (κ3) is 5.56. The van der Waals surface area contributed by atoms with Gasteiger partial charge in [-0.2, -0.15) is 0 Å². The number of hydrogen-bond acceptors (Lipinski definition) is 3. The molecule has 1 aliphatic carbocycles. The molecule has 0 amide bonds. The van der Waals surface area contributed by atoms with E-state index in [1.54, 1.807) is 19.2 Å². The first-order chi connectivity index (χ1) is 12.6. The SMILES string of the molecule is CN=C(NCCOc1c(Cl)cc(Cl)cc1Cl)NCC1CCN(C2CC2)C1. The van der Waals surface area contributed by atoms with Gasteiger partial charge in [-0.05, 0) is 43.9 Å². The van der Waals surface area contributed by atoms with Gasteiger partial charge in [-0.15, -0.1) is 0 Å². The Bertz CT molecular complexity index is 628. The molecule has 1 heterocycles. The second kappa shape index (κ2) is 9.36. The van der Waals surface area contributed by atoms with Gasteiger partial charge in [0.05, 0.1) is 16.6 Å². The van der Waals surface area contributed by atoms with Crippen LogP contribution in [0.2, 0.25) is 15.1 Å². The van der Waals surface area contributed by atoms with Gasteiger partial charge in [0.2, 0.25) is 0 Å². The number of guanidine groups is 1. The first-order valence-electron chi connectivity index (χ1n) is 9.02. The maximum Gasteiger partial charge on any atom is 0.191 e. The molecule has 0 aromatic heterocycles. The molecule has 3 rings (SSSR count). The van der Waals surface area contributed by atoms with Gasteiger partial charge in [0.25, 0.3) is 0 Å². The van der Waals surface area contributed by atoms with Gasteiger partial charge in [-0.3, -0.25) is 4.99 Å². The van der Waals surface area contributed by atoms with E-state index >= 15 is 0 Å². The van der Waals surface area contributed by atoms with Crippen LogP contribution in [0.1, 0.15) is 19.3 Å². The molecule has 1 aromatic carbocycles. The van der Waals surface area contributed by atoms with Gasteiger partial charge < -0.3 is 20.3 Å². The Hall–Kier alpha value is -0.880. The van der Waals surface area contributed by atoms with Gasteiger partial charge in [-0.1, -0.05) is 34.8 Å². The van der Waals surface area contributed by atoms with E-state index in [1.807, 2.05) is 0 Å². The normalized spacial score (nSPS) is 21.1. The van der Waals surface area contributed by atoms with Crippen LogP contribution >= 0.6 is 34.8 Å². The van der Waals surface area contributed by atoms with E-state index in [1.165, 1.54) is 32.4 Å². The molecule has 1 aromatic rings. The second-order valence-electron chi connectivity index (χ2n) is 6.81. The fraction of sp³-hybridized carbons (Fsp3) is 0.611. The molecule has 1 saturated carbocycles. The van der Waals surface area contributed by atoms with E-state index in [2.05, 4.69) is 20.5 Å². The lowest BCUT2D eigenvalue weighted by Gasteiger charge is -2.17. The molecular weight excluding hydrogens is 395 g/mol. The summed E-state index contributed by atoms with van der Waals surface area (Å²) in [5.74, 6) is 1.93. The van der Waals surface area contributed by atoms with E-state index in [9.17, 15) is 0 Å². The highest BCUT2D eigenvalue weighted by Gasteiger charge is 2.34. The highest BCUT2D eigenvalue weighted by molar-refractivity contribution is 6.40. The summed E-state index contributed by atoms with van der Waals surface area (Å²) in [5.41, 5.74) is 0. The topological polar surface area (TPSA) is 48.9 Å². The number of nitrogens with zero attached hydrogens (tertiary/aromatic N) is 2. The van der Waals surface area contributed by atoms with Crippen LogP contribution in [0.3, 0.4) is 0 Å². The molecule has 2 aliphatic rings. The number of aliphatic imine (C=N–C) groups is 1. The first kappa shape index (κ1) is 19.9. The number of likely N-dealkylation sites (tertiary alicyclic amines) is 1. The molecule has 5 nitrogen and oxygen atoms in total. The average Bonchev–Trinajstić information content (AvgIpc) is 3.34. The second-order valence-corrected chi connectivity index (χ2v) is 8.06. The van der Waals surface area contributed by atoms with Crippen LogP contribution in [0.5, 0.6) is 5.75 Å². The summed E-state index contributed by atoms with van der Waals surface area (Å²) < 4.78 is 5.67. The smallest absolute Gasteiger partial charge is 0.191 e. The highest BCUT2D eigenvalue weighted by atomic mass is 35.5. The summed E-state index contributed by atoms with van der Waals surface area (Å²) >= 11 is 18.1. The van der Waals surface area contributed by atoms with E-state index < -0.39 is 0 Å². The lowest BCUT2D eigenvalue weighted by atomic mass is 10.1. The Morgan fingerprint density at radius 1 is 1.19 bits per heavy atom. The van der Waals surface area contributed by atoms with Crippen molar-refractivity contribution >= 4 is 40.8 Å². The largest absolute Gasteiger partial charge is 0.489 e. The van der Waals surface area contributed by atoms with Crippen molar-refractivity contribution in [3.05, 3.63) is 27.2 Å². The summed E-state index contributed by atoms with van der Waals surface area (Å²) in [5, 5.41) is 7.96. The molecular formula is C18H25Cl3N4O. The zero-order valence-electron chi connectivity index (χ0n) is 14.9. The van der Waals surface area contributed by atoms with Crippen molar-refractivity contribution in [2.75, 3.05) is 39.8 Å². The van der Waals surface area contributed by atoms with Gasteiger partial charge in [0, 0.05) is 31.2 Å². The molecule has 26 heavy (non-hydrogen) atoms. The van der Waals surface area contributed by atoms with Crippen molar-refractivity contribution in [2.45, 2.75) is 25.3 Å². The van der Waals surface area contributed by atoms with Crippen LogP contribution in [0.25, 0.3) is 0 Å². The summed E-state index contributed by atoms with van der Waals surface area (Å²) in [6.45, 7) is 4.39. The minimum Gasteiger partial charge on any atom is -0.489 e. The molecule has 1 saturated heterocycles. The molecule has 1 atom stereocenters. The van der Waals surface area contributed by atoms with Crippen molar-refractivity contribution < 1.29 is 4.74 Å². The monoisotopic (exact) mass is 418 g/mol. The summed E-state index contributed by atoms with van der Waals surface area (Å²) in [4.78, 5) is 6.88. The maximum atomic E-state index is 6.11. The lowest BCUT2D eigenvalue weighted by Crippen LogP contribution is -2.41. The number of nitrogens with one attached hydrogen (secondary N) is 2. The van der Waals surface area contributed by atoms with E-state index in [-0.39, 0.29) is 0 Å². The average molecular weight is 420 g/mol. The predicted octanol–water partition coefficient (Wildman–Crippen LogP) is 3.67. The van der Waals surface area contributed by atoms with Crippen LogP contribution < -0.4 is 15.4 Å². The third-order valence-corrected chi connectivity index (χ3v) is 5.55. The van der Waals surface area contributed by atoms with Crippen LogP contribution in [0.4, 0.5) is 0 Å². The summed E-state index contributed by atoms with van der Waals surface area (Å²) in [6.07, 6.45) is 4.02. The van der Waals surface area contributed by atoms with Gasteiger partial charge in [-0.25, -0.2) is 0 Å². The number of benzene rings is 1. The molecule has 1 unspecified atom stereocenters. The maximum absolute atomic E-state index is 6.11. The molecule has 0 radical (unpaired) electrons. The molecule has 1 aliphatic heterocycles. The predicted molar refractivity (Wildman–Crippen MR) is 109 cm³/mol. The van der Waals surface area contributed by atoms with Gasteiger partial charge in [0.15, 0.2) is 11.7 Å². The fourth-order valence-electron chi connectivity index (χ4n) is 3.25. The molecule has 2 fully saturated rings. The Balaban J connectivity index is 1.35. The molecule has 0 spiro atoms. The minimum atomic E-state index is 0.409. The standard InChI is InChI=1S/C18H25Cl3N4O/c1-22-18(24-10-12-4-6-25(11-12)14-2-3-14)23-5-7-26-17-15(20)8-13(19)9-16(17)21/h8-9,12,14H,2-7,10-11H2,1H3,(H2,22,23,24). The Morgan fingerprint density at radius 2 is 1.92 bits per heavy atom. The van der Waals surface area contributed by atoms with Crippen LogP contribution in [0, 0.1) is 5.92 Å². The Kier molecular flexibility index (Phi) is 7.15. The minimum absolute atomic E-state index is 0.409. The number of rotatable bonds is 7. The zero-order chi connectivity index (χ0) is 18.5. The molecule has 8 heteroatoms. The van der Waals surface area contributed by atoms with E-state index in [0.717, 1.165) is 18.5 Å². The van der Waals surface area contributed by atoms with Crippen molar-refractivity contribution in [2.24, 2.45) is 10.9 Å². The Labute approximate surface area is 170 Å². The fourth-order valence-corrected chi connectivity index (χ4v) is 4.18. The molecule has 2 N–H and O–H groups in total. The van der Waals surface area contributed by atoms with Crippen molar-refractivity contribution in [1.29, 1.82) is 0 Å². The van der Waals surface area contributed by atoms with E-state index in [0.29, 0.717) is 39.9 Å². The van der Waals surface area contributed by atoms with Crippen LogP contribution in [-0.2, 0) is 0 Å². The van der Waals surface area contributed by atoms with Gasteiger partial charge in [0.1, 0.15) is 6.61 Å². The van der Waals surface area contributed by atoms with Crippen molar-refractivity contribution in [3.8, 4) is 5.75 Å². The summed E-state index contributed by atoms with van der Waals surface area (Å²) in [6, 6.07) is 4.09. The van der Waals surface area contributed by atoms with Crippen LogP contribution in [-0.4, -0.2) is 56.7 Å². The lowest BCUT2D eigenvalue weighted by molar-refractivity contribution is 0.313. The first-order valence-corrected chi connectivity index (χ1v) is 10.2. The van der Waals surface area contributed by atoms with Gasteiger partial charge >= 0.3 is 0 Å². The molecule has 144 valence electrons. The Morgan fingerprint density at radius 3 is 2.58 bits per heavy atom. The summed E-state index contributed by atoms with van der Waals surface area (Å²) in [7, 11) is 1.77. The van der Waals surface area contributed by atoms with E-state index in [4.69, 9.17) is 39.5 Å². The number of halogens is 3. The third-order valence-electron chi connectivity index (χ3n) is 4.77.